The maximum atomic E-state index is 14.3. The van der Waals surface area contributed by atoms with Gasteiger partial charge < -0.3 is 10.6 Å². The van der Waals surface area contributed by atoms with E-state index in [1.165, 1.54) is 19.1 Å². The second kappa shape index (κ2) is 8.31. The Kier molecular flexibility index (Phi) is 6.50. The summed E-state index contributed by atoms with van der Waals surface area (Å²) in [7, 11) is 0. The highest BCUT2D eigenvalue weighted by Crippen LogP contribution is 2.33. The molecule has 0 radical (unpaired) electrons. The minimum absolute atomic E-state index is 0.00323. The number of nitrogens with one attached hydrogen (secondary N) is 2. The van der Waals surface area contributed by atoms with Gasteiger partial charge in [-0.3, -0.25) is 0 Å². The molecule has 0 bridgehead atoms. The average molecular weight is 409 g/mol. The first-order valence-corrected chi connectivity index (χ1v) is 9.11. The maximum Gasteiger partial charge on any atom is 0.152 e. The van der Waals surface area contributed by atoms with Gasteiger partial charge >= 0.3 is 0 Å². The molecule has 0 saturated carbocycles. The summed E-state index contributed by atoms with van der Waals surface area (Å²) in [4.78, 5) is 0. The van der Waals surface area contributed by atoms with Crippen molar-refractivity contribution in [1.82, 2.24) is 0 Å². The molecule has 0 heterocycles. The molecule has 0 aliphatic heterocycles. The van der Waals surface area contributed by atoms with Gasteiger partial charge in [0.05, 0.1) is 5.02 Å². The number of allylic oxidation sites excluding steroid dienone is 1. The molecule has 0 atom stereocenters. The van der Waals surface area contributed by atoms with E-state index in [1.807, 2.05) is 0 Å². The Morgan fingerprint density at radius 1 is 1.04 bits per heavy atom. The first-order chi connectivity index (χ1) is 12.9. The highest BCUT2D eigenvalue weighted by atomic mass is 35.5. The van der Waals surface area contributed by atoms with Gasteiger partial charge in [-0.05, 0) is 42.5 Å². The summed E-state index contributed by atoms with van der Waals surface area (Å²) in [6, 6.07) is 5.27. The lowest BCUT2D eigenvalue weighted by Gasteiger charge is -2.21. The Morgan fingerprint density at radius 3 is 2.29 bits per heavy atom. The van der Waals surface area contributed by atoms with Crippen molar-refractivity contribution in [3.8, 4) is 0 Å². The molecular formula is C22H24ClF3N2. The van der Waals surface area contributed by atoms with E-state index in [0.717, 1.165) is 6.07 Å². The van der Waals surface area contributed by atoms with Crippen LogP contribution in [-0.2, 0) is 0 Å². The summed E-state index contributed by atoms with van der Waals surface area (Å²) < 4.78 is 42.6. The van der Waals surface area contributed by atoms with Crippen molar-refractivity contribution in [1.29, 1.82) is 0 Å². The highest BCUT2D eigenvalue weighted by molar-refractivity contribution is 6.32. The molecule has 150 valence electrons. The van der Waals surface area contributed by atoms with Crippen LogP contribution in [0.2, 0.25) is 5.02 Å². The molecule has 2 N–H and O–H groups in total. The van der Waals surface area contributed by atoms with Crippen LogP contribution in [0.3, 0.4) is 0 Å². The summed E-state index contributed by atoms with van der Waals surface area (Å²) in [5.41, 5.74) is 1.28. The van der Waals surface area contributed by atoms with Gasteiger partial charge in [-0.15, -0.1) is 0 Å². The van der Waals surface area contributed by atoms with Gasteiger partial charge in [0.15, 0.2) is 5.82 Å². The molecule has 2 rings (SSSR count). The largest absolute Gasteiger partial charge is 0.359 e. The third-order valence-corrected chi connectivity index (χ3v) is 4.36. The molecule has 0 unspecified atom stereocenters. The van der Waals surface area contributed by atoms with Crippen molar-refractivity contribution in [2.45, 2.75) is 34.1 Å². The Bertz CT molecular complexity index is 930. The SMILES string of the molecule is C=C(CC(C)(C)C)Nc1cc(F)c(Cl)c(C(=C)Nc2c(F)ccc(C)c2F)c1. The van der Waals surface area contributed by atoms with E-state index in [1.54, 1.807) is 6.07 Å². The van der Waals surface area contributed by atoms with Crippen LogP contribution in [0.1, 0.15) is 38.3 Å². The van der Waals surface area contributed by atoms with Crippen LogP contribution in [0.15, 0.2) is 43.1 Å². The fourth-order valence-corrected chi connectivity index (χ4v) is 2.98. The third-order valence-electron chi connectivity index (χ3n) is 3.98. The van der Waals surface area contributed by atoms with Crippen LogP contribution >= 0.6 is 11.6 Å². The van der Waals surface area contributed by atoms with Crippen LogP contribution in [0.25, 0.3) is 5.70 Å². The monoisotopic (exact) mass is 408 g/mol. The first kappa shape index (κ1) is 21.9. The normalized spacial score (nSPS) is 11.3. The minimum atomic E-state index is -0.784. The third kappa shape index (κ3) is 5.32. The molecule has 2 aromatic rings. The van der Waals surface area contributed by atoms with Crippen molar-refractivity contribution in [3.05, 3.63) is 76.7 Å². The molecular weight excluding hydrogens is 385 g/mol. The number of anilines is 2. The van der Waals surface area contributed by atoms with E-state index in [0.29, 0.717) is 17.8 Å². The fraction of sp³-hybridized carbons (Fsp3) is 0.273. The Morgan fingerprint density at radius 2 is 1.68 bits per heavy atom. The van der Waals surface area contributed by atoms with Gasteiger partial charge in [-0.25, -0.2) is 13.2 Å². The number of halogens is 4. The molecule has 2 aromatic carbocycles. The molecule has 2 nitrogen and oxygen atoms in total. The minimum Gasteiger partial charge on any atom is -0.359 e. The molecule has 0 amide bonds. The predicted molar refractivity (Wildman–Crippen MR) is 112 cm³/mol. The fourth-order valence-electron chi connectivity index (χ4n) is 2.76. The van der Waals surface area contributed by atoms with Gasteiger partial charge in [-0.1, -0.05) is 51.6 Å². The predicted octanol–water partition coefficient (Wildman–Crippen LogP) is 7.51. The second-order valence-corrected chi connectivity index (χ2v) is 8.32. The Hall–Kier alpha value is -2.40. The standard InChI is InChI=1S/C22H24ClF3N2/c1-12-7-8-17(24)21(20(12)26)28-14(3)16-9-15(10-18(25)19(16)23)27-13(2)11-22(4,5)6/h7-10,27-28H,2-3,11H2,1,4-6H3. The van der Waals surface area contributed by atoms with Crippen molar-refractivity contribution >= 4 is 28.7 Å². The molecule has 0 spiro atoms. The van der Waals surface area contributed by atoms with E-state index >= 15 is 0 Å². The van der Waals surface area contributed by atoms with E-state index in [9.17, 15) is 13.2 Å². The quantitative estimate of drug-likeness (QED) is 0.516. The van der Waals surface area contributed by atoms with E-state index < -0.39 is 17.5 Å². The second-order valence-electron chi connectivity index (χ2n) is 7.94. The zero-order valence-electron chi connectivity index (χ0n) is 16.4. The maximum absolute atomic E-state index is 14.3. The molecule has 0 saturated heterocycles. The highest BCUT2D eigenvalue weighted by Gasteiger charge is 2.18. The van der Waals surface area contributed by atoms with Crippen LogP contribution in [0, 0.1) is 29.8 Å². The summed E-state index contributed by atoms with van der Waals surface area (Å²) >= 11 is 6.07. The molecule has 28 heavy (non-hydrogen) atoms. The molecule has 0 fully saturated rings. The smallest absolute Gasteiger partial charge is 0.152 e. The Balaban J connectivity index is 2.33. The van der Waals surface area contributed by atoms with E-state index in [-0.39, 0.29) is 32.9 Å². The van der Waals surface area contributed by atoms with Crippen molar-refractivity contribution < 1.29 is 13.2 Å². The molecule has 0 aromatic heterocycles. The topological polar surface area (TPSA) is 24.1 Å². The lowest BCUT2D eigenvalue weighted by molar-refractivity contribution is 0.411. The summed E-state index contributed by atoms with van der Waals surface area (Å²) in [5, 5.41) is 5.43. The zero-order chi connectivity index (χ0) is 21.2. The molecule has 0 aliphatic carbocycles. The number of hydrogen-bond donors (Lipinski definition) is 2. The van der Waals surface area contributed by atoms with E-state index in [4.69, 9.17) is 11.6 Å². The van der Waals surface area contributed by atoms with Gasteiger partial charge in [0.2, 0.25) is 0 Å². The zero-order valence-corrected chi connectivity index (χ0v) is 17.2. The lowest BCUT2D eigenvalue weighted by atomic mass is 9.91. The van der Waals surface area contributed by atoms with Gasteiger partial charge in [0.1, 0.15) is 17.3 Å². The number of hydrogen-bond acceptors (Lipinski definition) is 2. The van der Waals surface area contributed by atoms with Crippen molar-refractivity contribution in [3.63, 3.8) is 0 Å². The van der Waals surface area contributed by atoms with Crippen molar-refractivity contribution in [2.75, 3.05) is 10.6 Å². The van der Waals surface area contributed by atoms with E-state index in [2.05, 4.69) is 44.6 Å². The molecule has 0 aliphatic rings. The van der Waals surface area contributed by atoms with Gasteiger partial charge in [0, 0.05) is 22.6 Å². The Labute approximate surface area is 169 Å². The summed E-state index contributed by atoms with van der Waals surface area (Å²) in [6.07, 6.45) is 0.672. The summed E-state index contributed by atoms with van der Waals surface area (Å²) in [5.74, 6) is -2.21. The van der Waals surface area contributed by atoms with Crippen LogP contribution in [-0.4, -0.2) is 0 Å². The first-order valence-electron chi connectivity index (χ1n) is 8.74. The number of benzene rings is 2. The van der Waals surface area contributed by atoms with Crippen LogP contribution < -0.4 is 10.6 Å². The number of aryl methyl sites for hydroxylation is 1. The van der Waals surface area contributed by atoms with Gasteiger partial charge in [0.25, 0.3) is 0 Å². The molecule has 6 heteroatoms. The summed E-state index contributed by atoms with van der Waals surface area (Å²) in [6.45, 7) is 15.4. The van der Waals surface area contributed by atoms with Gasteiger partial charge in [-0.2, -0.15) is 0 Å². The average Bonchev–Trinajstić information content (AvgIpc) is 2.56. The van der Waals surface area contributed by atoms with Crippen LogP contribution in [0.5, 0.6) is 0 Å². The lowest BCUT2D eigenvalue weighted by Crippen LogP contribution is -2.11. The number of rotatable bonds is 6. The van der Waals surface area contributed by atoms with Crippen molar-refractivity contribution in [2.24, 2.45) is 5.41 Å². The van der Waals surface area contributed by atoms with Crippen LogP contribution in [0.4, 0.5) is 24.5 Å².